The van der Waals surface area contributed by atoms with Crippen LogP contribution in [0.4, 0.5) is 4.39 Å². The van der Waals surface area contributed by atoms with E-state index >= 15 is 0 Å². The third-order valence-electron chi connectivity index (χ3n) is 5.29. The summed E-state index contributed by atoms with van der Waals surface area (Å²) in [6.45, 7) is 2.38. The molecule has 2 fully saturated rings. The average Bonchev–Trinajstić information content (AvgIpc) is 2.60. The van der Waals surface area contributed by atoms with Crippen LogP contribution in [0.3, 0.4) is 0 Å². The predicted molar refractivity (Wildman–Crippen MR) is 81.3 cm³/mol. The van der Waals surface area contributed by atoms with Crippen LogP contribution in [0.15, 0.2) is 24.3 Å². The van der Waals surface area contributed by atoms with Crippen molar-refractivity contribution in [2.45, 2.75) is 69.9 Å². The molecule has 1 aromatic carbocycles. The molecule has 1 N–H and O–H groups in total. The number of rotatable bonds is 3. The van der Waals surface area contributed by atoms with Gasteiger partial charge >= 0.3 is 0 Å². The summed E-state index contributed by atoms with van der Waals surface area (Å²) in [7, 11) is 0. The molecular formula is C18H26FN. The molecular weight excluding hydrogens is 249 g/mol. The SMILES string of the molecule is CC1CCCCCC1NC1CC(c2ccccc2F)C1. The van der Waals surface area contributed by atoms with Gasteiger partial charge in [0, 0.05) is 12.1 Å². The van der Waals surface area contributed by atoms with Crippen molar-refractivity contribution in [2.75, 3.05) is 0 Å². The lowest BCUT2D eigenvalue weighted by atomic mass is 9.75. The summed E-state index contributed by atoms with van der Waals surface area (Å²) in [5.74, 6) is 1.19. The molecule has 0 aliphatic heterocycles. The van der Waals surface area contributed by atoms with Gasteiger partial charge in [-0.25, -0.2) is 4.39 Å². The van der Waals surface area contributed by atoms with Gasteiger partial charge in [-0.1, -0.05) is 44.4 Å². The van der Waals surface area contributed by atoms with E-state index in [9.17, 15) is 4.39 Å². The molecule has 0 bridgehead atoms. The van der Waals surface area contributed by atoms with Gasteiger partial charge in [-0.05, 0) is 49.1 Å². The molecule has 0 spiro atoms. The maximum absolute atomic E-state index is 13.7. The van der Waals surface area contributed by atoms with Crippen molar-refractivity contribution in [3.63, 3.8) is 0 Å². The molecule has 110 valence electrons. The molecule has 0 saturated heterocycles. The average molecular weight is 275 g/mol. The first-order valence-corrected chi connectivity index (χ1v) is 8.24. The Kier molecular flexibility index (Phi) is 4.40. The number of benzene rings is 1. The Morgan fingerprint density at radius 3 is 2.60 bits per heavy atom. The second-order valence-electron chi connectivity index (χ2n) is 6.78. The van der Waals surface area contributed by atoms with E-state index in [4.69, 9.17) is 0 Å². The molecule has 2 aliphatic carbocycles. The van der Waals surface area contributed by atoms with Crippen LogP contribution in [0.5, 0.6) is 0 Å². The van der Waals surface area contributed by atoms with Gasteiger partial charge in [0.15, 0.2) is 0 Å². The highest BCUT2D eigenvalue weighted by Crippen LogP contribution is 2.39. The molecule has 3 rings (SSSR count). The van der Waals surface area contributed by atoms with Crippen LogP contribution < -0.4 is 5.32 Å². The van der Waals surface area contributed by atoms with E-state index in [1.807, 2.05) is 12.1 Å². The molecule has 0 aromatic heterocycles. The Hall–Kier alpha value is -0.890. The van der Waals surface area contributed by atoms with Gasteiger partial charge in [-0.3, -0.25) is 0 Å². The zero-order chi connectivity index (χ0) is 13.9. The van der Waals surface area contributed by atoms with Crippen molar-refractivity contribution in [3.8, 4) is 0 Å². The van der Waals surface area contributed by atoms with Crippen molar-refractivity contribution in [1.82, 2.24) is 5.32 Å². The first-order chi connectivity index (χ1) is 9.74. The van der Waals surface area contributed by atoms with E-state index in [0.29, 0.717) is 18.0 Å². The summed E-state index contributed by atoms with van der Waals surface area (Å²) in [6.07, 6.45) is 9.04. The van der Waals surface area contributed by atoms with Gasteiger partial charge in [0.05, 0.1) is 0 Å². The second kappa shape index (κ2) is 6.26. The topological polar surface area (TPSA) is 12.0 Å². The highest BCUT2D eigenvalue weighted by Gasteiger charge is 2.34. The molecule has 2 saturated carbocycles. The molecule has 2 unspecified atom stereocenters. The van der Waals surface area contributed by atoms with Gasteiger partial charge in [0.25, 0.3) is 0 Å². The number of nitrogens with one attached hydrogen (secondary N) is 1. The molecule has 2 aliphatic rings. The Bertz CT molecular complexity index is 439. The minimum atomic E-state index is -0.0289. The van der Waals surface area contributed by atoms with Crippen molar-refractivity contribution >= 4 is 0 Å². The van der Waals surface area contributed by atoms with E-state index < -0.39 is 0 Å². The lowest BCUT2D eigenvalue weighted by Gasteiger charge is -2.40. The molecule has 1 aromatic rings. The summed E-state index contributed by atoms with van der Waals surface area (Å²) in [4.78, 5) is 0. The lowest BCUT2D eigenvalue weighted by molar-refractivity contribution is 0.226. The summed E-state index contributed by atoms with van der Waals surface area (Å²) in [6, 6.07) is 8.55. The normalized spacial score (nSPS) is 34.3. The number of hydrogen-bond acceptors (Lipinski definition) is 1. The van der Waals surface area contributed by atoms with Gasteiger partial charge in [-0.2, -0.15) is 0 Å². The molecule has 0 amide bonds. The fourth-order valence-corrected chi connectivity index (χ4v) is 3.86. The van der Waals surface area contributed by atoms with E-state index in [-0.39, 0.29) is 5.82 Å². The van der Waals surface area contributed by atoms with Crippen molar-refractivity contribution < 1.29 is 4.39 Å². The van der Waals surface area contributed by atoms with E-state index in [0.717, 1.165) is 24.3 Å². The van der Waals surface area contributed by atoms with E-state index in [1.165, 1.54) is 32.1 Å². The predicted octanol–water partition coefficient (Wildman–Crippen LogP) is 4.63. The van der Waals surface area contributed by atoms with Crippen LogP contribution in [0.1, 0.15) is 63.4 Å². The quantitative estimate of drug-likeness (QED) is 0.793. The molecule has 0 radical (unpaired) electrons. The Morgan fingerprint density at radius 1 is 1.05 bits per heavy atom. The van der Waals surface area contributed by atoms with Crippen molar-refractivity contribution in [3.05, 3.63) is 35.6 Å². The maximum atomic E-state index is 13.7. The summed E-state index contributed by atoms with van der Waals surface area (Å²) in [5.41, 5.74) is 0.916. The molecule has 2 atom stereocenters. The van der Waals surface area contributed by atoms with Crippen LogP contribution in [0, 0.1) is 11.7 Å². The van der Waals surface area contributed by atoms with Crippen LogP contribution in [0.25, 0.3) is 0 Å². The van der Waals surface area contributed by atoms with Gasteiger partial charge in [0.1, 0.15) is 5.82 Å². The zero-order valence-electron chi connectivity index (χ0n) is 12.4. The third kappa shape index (κ3) is 3.06. The Balaban J connectivity index is 1.52. The highest BCUT2D eigenvalue weighted by atomic mass is 19.1. The van der Waals surface area contributed by atoms with Crippen LogP contribution in [-0.2, 0) is 0 Å². The minimum absolute atomic E-state index is 0.0289. The van der Waals surface area contributed by atoms with E-state index in [1.54, 1.807) is 12.1 Å². The van der Waals surface area contributed by atoms with Crippen LogP contribution >= 0.6 is 0 Å². The van der Waals surface area contributed by atoms with Crippen LogP contribution in [-0.4, -0.2) is 12.1 Å². The standard InChI is InChI=1S/C18H26FN/c1-13-7-3-2-4-10-18(13)20-15-11-14(12-15)16-8-5-6-9-17(16)19/h5-6,8-9,13-15,18,20H,2-4,7,10-12H2,1H3. The first kappa shape index (κ1) is 14.1. The van der Waals surface area contributed by atoms with Crippen molar-refractivity contribution in [1.29, 1.82) is 0 Å². The monoisotopic (exact) mass is 275 g/mol. The van der Waals surface area contributed by atoms with Crippen molar-refractivity contribution in [2.24, 2.45) is 5.92 Å². The number of hydrogen-bond donors (Lipinski definition) is 1. The molecule has 0 heterocycles. The zero-order valence-corrected chi connectivity index (χ0v) is 12.4. The lowest BCUT2D eigenvalue weighted by Crippen LogP contribution is -2.47. The first-order valence-electron chi connectivity index (χ1n) is 8.24. The Labute approximate surface area is 122 Å². The van der Waals surface area contributed by atoms with Gasteiger partial charge < -0.3 is 5.32 Å². The summed E-state index contributed by atoms with van der Waals surface area (Å²) >= 11 is 0. The minimum Gasteiger partial charge on any atom is -0.311 e. The largest absolute Gasteiger partial charge is 0.311 e. The fourth-order valence-electron chi connectivity index (χ4n) is 3.86. The fraction of sp³-hybridized carbons (Fsp3) is 0.667. The third-order valence-corrected chi connectivity index (χ3v) is 5.29. The van der Waals surface area contributed by atoms with Gasteiger partial charge in [0.2, 0.25) is 0 Å². The second-order valence-corrected chi connectivity index (χ2v) is 6.78. The van der Waals surface area contributed by atoms with Gasteiger partial charge in [-0.15, -0.1) is 0 Å². The summed E-state index contributed by atoms with van der Waals surface area (Å²) < 4.78 is 13.7. The smallest absolute Gasteiger partial charge is 0.126 e. The van der Waals surface area contributed by atoms with Crippen LogP contribution in [0.2, 0.25) is 0 Å². The molecule has 2 heteroatoms. The number of halogens is 1. The molecule has 20 heavy (non-hydrogen) atoms. The summed E-state index contributed by atoms with van der Waals surface area (Å²) in [5, 5.41) is 3.84. The maximum Gasteiger partial charge on any atom is 0.126 e. The molecule has 1 nitrogen and oxygen atoms in total. The highest BCUT2D eigenvalue weighted by molar-refractivity contribution is 5.24. The Morgan fingerprint density at radius 2 is 1.80 bits per heavy atom. The van der Waals surface area contributed by atoms with E-state index in [2.05, 4.69) is 12.2 Å².